The molecule has 1 heteroatoms. The van der Waals surface area contributed by atoms with Gasteiger partial charge in [-0.05, 0) is 72.3 Å². The third kappa shape index (κ3) is 6.61. The third-order valence-corrected chi connectivity index (χ3v) is 9.04. The Morgan fingerprint density at radius 3 is 1.97 bits per heavy atom. The Balaban J connectivity index is 1.23. The van der Waals surface area contributed by atoms with E-state index >= 15 is 4.39 Å². The van der Waals surface area contributed by atoms with E-state index in [-0.39, 0.29) is 5.82 Å². The molecule has 4 rings (SSSR count). The van der Waals surface area contributed by atoms with E-state index in [0.29, 0.717) is 5.92 Å². The number of benzene rings is 2. The molecule has 0 spiro atoms. The summed E-state index contributed by atoms with van der Waals surface area (Å²) >= 11 is 0. The lowest BCUT2D eigenvalue weighted by molar-refractivity contribution is 0.222. The Hall–Kier alpha value is -1.37. The molecule has 0 bridgehead atoms. The zero-order chi connectivity index (χ0) is 23.0. The summed E-state index contributed by atoms with van der Waals surface area (Å²) in [7, 11) is 0. The lowest BCUT2D eigenvalue weighted by Gasteiger charge is -2.32. The third-order valence-electron chi connectivity index (χ3n) is 9.04. The first-order valence-electron chi connectivity index (χ1n) is 14.4. The Morgan fingerprint density at radius 2 is 1.33 bits per heavy atom. The molecule has 0 nitrogen and oxygen atoms in total. The number of halogens is 1. The van der Waals surface area contributed by atoms with Crippen LogP contribution in [0.15, 0.2) is 30.3 Å². The van der Waals surface area contributed by atoms with Gasteiger partial charge in [0, 0.05) is 5.39 Å². The van der Waals surface area contributed by atoms with Gasteiger partial charge in [0.15, 0.2) is 0 Å². The summed E-state index contributed by atoms with van der Waals surface area (Å²) in [5, 5.41) is 1.88. The summed E-state index contributed by atoms with van der Waals surface area (Å²) in [5.74, 6) is 3.36. The number of hydrogen-bond donors (Lipinski definition) is 0. The highest BCUT2D eigenvalue weighted by molar-refractivity contribution is 5.84. The van der Waals surface area contributed by atoms with Gasteiger partial charge in [0.2, 0.25) is 0 Å². The van der Waals surface area contributed by atoms with E-state index in [9.17, 15) is 0 Å². The predicted octanol–water partition coefficient (Wildman–Crippen LogP) is 10.4. The molecule has 0 heterocycles. The molecule has 2 saturated carbocycles. The fraction of sp³-hybridized carbons (Fsp3) is 0.688. The maximum absolute atomic E-state index is 15.4. The second-order valence-electron chi connectivity index (χ2n) is 11.5. The Morgan fingerprint density at radius 1 is 0.697 bits per heavy atom. The topological polar surface area (TPSA) is 0 Å². The van der Waals surface area contributed by atoms with E-state index in [0.717, 1.165) is 46.9 Å². The monoisotopic (exact) mass is 450 g/mol. The molecule has 2 aromatic rings. The minimum Gasteiger partial charge on any atom is -0.206 e. The van der Waals surface area contributed by atoms with Crippen molar-refractivity contribution in [3.8, 4) is 0 Å². The van der Waals surface area contributed by atoms with E-state index in [4.69, 9.17) is 0 Å². The molecule has 0 atom stereocenters. The molecule has 0 amide bonds. The van der Waals surface area contributed by atoms with Crippen molar-refractivity contribution in [2.24, 2.45) is 17.8 Å². The van der Waals surface area contributed by atoms with E-state index in [1.54, 1.807) is 0 Å². The van der Waals surface area contributed by atoms with Gasteiger partial charge in [-0.1, -0.05) is 115 Å². The maximum atomic E-state index is 15.4. The lowest BCUT2D eigenvalue weighted by atomic mass is 9.73. The molecule has 0 aromatic heterocycles. The summed E-state index contributed by atoms with van der Waals surface area (Å²) < 4.78 is 15.4. The van der Waals surface area contributed by atoms with Gasteiger partial charge < -0.3 is 0 Å². The van der Waals surface area contributed by atoms with Crippen LogP contribution in [0.25, 0.3) is 10.8 Å². The van der Waals surface area contributed by atoms with Gasteiger partial charge >= 0.3 is 0 Å². The first-order chi connectivity index (χ1) is 16.2. The van der Waals surface area contributed by atoms with Crippen LogP contribution in [-0.4, -0.2) is 0 Å². The van der Waals surface area contributed by atoms with Gasteiger partial charge in [0.05, 0.1) is 0 Å². The Kier molecular flexibility index (Phi) is 9.27. The Labute approximate surface area is 202 Å². The molecule has 2 fully saturated rings. The highest BCUT2D eigenvalue weighted by Crippen LogP contribution is 2.41. The highest BCUT2D eigenvalue weighted by Gasteiger charge is 2.27. The number of fused-ring (bicyclic) bond motifs is 1. The van der Waals surface area contributed by atoms with Gasteiger partial charge in [-0.15, -0.1) is 0 Å². The van der Waals surface area contributed by atoms with Gasteiger partial charge in [-0.25, -0.2) is 4.39 Å². The van der Waals surface area contributed by atoms with Crippen molar-refractivity contribution in [2.75, 3.05) is 0 Å². The van der Waals surface area contributed by atoms with E-state index < -0.39 is 0 Å². The molecule has 33 heavy (non-hydrogen) atoms. The lowest BCUT2D eigenvalue weighted by Crippen LogP contribution is -2.18. The zero-order valence-corrected chi connectivity index (χ0v) is 21.4. The van der Waals surface area contributed by atoms with Crippen molar-refractivity contribution in [3.63, 3.8) is 0 Å². The number of hydrogen-bond acceptors (Lipinski definition) is 0. The number of aryl methyl sites for hydroxylation is 1. The average molecular weight is 451 g/mol. The van der Waals surface area contributed by atoms with E-state index in [2.05, 4.69) is 38.1 Å². The second-order valence-corrected chi connectivity index (χ2v) is 11.5. The summed E-state index contributed by atoms with van der Waals surface area (Å²) in [5.41, 5.74) is 2.30. The zero-order valence-electron chi connectivity index (χ0n) is 21.4. The normalized spacial score (nSPS) is 26.0. The van der Waals surface area contributed by atoms with Crippen LogP contribution < -0.4 is 0 Å². The molecular weight excluding hydrogens is 403 g/mol. The van der Waals surface area contributed by atoms with Gasteiger partial charge in [-0.2, -0.15) is 0 Å². The van der Waals surface area contributed by atoms with Crippen molar-refractivity contribution in [1.29, 1.82) is 0 Å². The maximum Gasteiger partial charge on any atom is 0.134 e. The van der Waals surface area contributed by atoms with Crippen molar-refractivity contribution in [2.45, 2.75) is 122 Å². The molecule has 2 aromatic carbocycles. The van der Waals surface area contributed by atoms with Gasteiger partial charge in [-0.3, -0.25) is 0 Å². The minimum absolute atomic E-state index is 0.0506. The fourth-order valence-corrected chi connectivity index (χ4v) is 6.84. The molecule has 182 valence electrons. The minimum atomic E-state index is 0.0506. The van der Waals surface area contributed by atoms with E-state index in [1.165, 1.54) is 95.5 Å². The largest absolute Gasteiger partial charge is 0.206 e. The molecule has 2 aliphatic rings. The van der Waals surface area contributed by atoms with Crippen LogP contribution >= 0.6 is 0 Å². The van der Waals surface area contributed by atoms with Crippen molar-refractivity contribution in [1.82, 2.24) is 0 Å². The van der Waals surface area contributed by atoms with Crippen LogP contribution in [0, 0.1) is 23.6 Å². The standard InChI is InChI=1S/C32H47F/c1-3-5-6-8-24-9-11-25(12-10-24)13-14-26-15-18-28(19-16-26)30-22-20-29-23-27(7-4-2)17-21-31(29)32(30)33/h17,20-26,28H,3-16,18-19H2,1-2H3. The summed E-state index contributed by atoms with van der Waals surface area (Å²) in [4.78, 5) is 0. The van der Waals surface area contributed by atoms with Gasteiger partial charge in [0.1, 0.15) is 5.82 Å². The molecule has 0 aliphatic heterocycles. The Bertz CT molecular complexity index is 852. The van der Waals surface area contributed by atoms with Crippen LogP contribution in [0.1, 0.15) is 127 Å². The van der Waals surface area contributed by atoms with Crippen molar-refractivity contribution in [3.05, 3.63) is 47.3 Å². The number of unbranched alkanes of at least 4 members (excludes halogenated alkanes) is 2. The smallest absolute Gasteiger partial charge is 0.134 e. The van der Waals surface area contributed by atoms with Crippen LogP contribution in [0.5, 0.6) is 0 Å². The summed E-state index contributed by atoms with van der Waals surface area (Å²) in [6.07, 6.45) is 21.6. The average Bonchev–Trinajstić information content (AvgIpc) is 2.85. The van der Waals surface area contributed by atoms with Crippen LogP contribution in [0.3, 0.4) is 0 Å². The summed E-state index contributed by atoms with van der Waals surface area (Å²) in [6, 6.07) is 10.6. The predicted molar refractivity (Wildman–Crippen MR) is 141 cm³/mol. The van der Waals surface area contributed by atoms with Crippen LogP contribution in [0.4, 0.5) is 4.39 Å². The molecular formula is C32H47F. The molecule has 2 aliphatic carbocycles. The van der Waals surface area contributed by atoms with Crippen molar-refractivity contribution < 1.29 is 4.39 Å². The molecule has 0 saturated heterocycles. The van der Waals surface area contributed by atoms with E-state index in [1.807, 2.05) is 6.07 Å². The van der Waals surface area contributed by atoms with Crippen LogP contribution in [-0.2, 0) is 6.42 Å². The fourth-order valence-electron chi connectivity index (χ4n) is 6.84. The number of rotatable bonds is 10. The van der Waals surface area contributed by atoms with Crippen molar-refractivity contribution >= 4 is 10.8 Å². The molecule has 0 unspecified atom stereocenters. The molecule has 0 radical (unpaired) electrons. The first-order valence-corrected chi connectivity index (χ1v) is 14.4. The summed E-state index contributed by atoms with van der Waals surface area (Å²) in [6.45, 7) is 4.51. The quantitative estimate of drug-likeness (QED) is 0.316. The second kappa shape index (κ2) is 12.4. The van der Waals surface area contributed by atoms with Gasteiger partial charge in [0.25, 0.3) is 0 Å². The van der Waals surface area contributed by atoms with Crippen LogP contribution in [0.2, 0.25) is 0 Å². The SMILES string of the molecule is CCCCCC1CCC(CCC2CCC(c3ccc4cc(CCC)ccc4c3F)CC2)CC1. The highest BCUT2D eigenvalue weighted by atomic mass is 19.1. The first kappa shape index (κ1) is 24.7. The molecule has 0 N–H and O–H groups in total.